The molecule has 0 unspecified atom stereocenters. The summed E-state index contributed by atoms with van der Waals surface area (Å²) in [6.45, 7) is 2.13. The normalized spacial score (nSPS) is 10.4. The summed E-state index contributed by atoms with van der Waals surface area (Å²) in [7, 11) is 0. The van der Waals surface area contributed by atoms with Gasteiger partial charge in [-0.1, -0.05) is 41.0 Å². The Hall–Kier alpha value is -1.50. The Bertz CT molecular complexity index is 713. The molecule has 1 heterocycles. The molecule has 5 nitrogen and oxygen atoms in total. The second-order valence-corrected chi connectivity index (χ2v) is 5.94. The molecule has 0 saturated carbocycles. The Morgan fingerprint density at radius 2 is 2.13 bits per heavy atom. The summed E-state index contributed by atoms with van der Waals surface area (Å²) in [6, 6.07) is 5.10. The Balaban J connectivity index is 2.24. The van der Waals surface area contributed by atoms with Gasteiger partial charge in [-0.05, 0) is 25.3 Å². The van der Waals surface area contributed by atoms with E-state index in [-0.39, 0.29) is 24.7 Å². The van der Waals surface area contributed by atoms with E-state index in [1.807, 2.05) is 6.26 Å². The summed E-state index contributed by atoms with van der Waals surface area (Å²) >= 11 is 13.3. The standard InChI is InChI=1S/C15H14Cl2N2O3S/c1-3-21-14(20)11-7-18-15(23-2)19-13(11)22-8-9-4-5-10(16)6-12(9)17/h4-7H,3,8H2,1-2H3. The summed E-state index contributed by atoms with van der Waals surface area (Å²) in [4.78, 5) is 20.2. The van der Waals surface area contributed by atoms with Crippen LogP contribution in [0.2, 0.25) is 10.0 Å². The quantitative estimate of drug-likeness (QED) is 0.428. The van der Waals surface area contributed by atoms with Crippen molar-refractivity contribution in [3.05, 3.63) is 45.6 Å². The van der Waals surface area contributed by atoms with Crippen molar-refractivity contribution < 1.29 is 14.3 Å². The molecule has 8 heteroatoms. The van der Waals surface area contributed by atoms with Crippen LogP contribution in [0.4, 0.5) is 0 Å². The fraction of sp³-hybridized carbons (Fsp3) is 0.267. The van der Waals surface area contributed by atoms with Crippen molar-refractivity contribution in [3.63, 3.8) is 0 Å². The maximum Gasteiger partial charge on any atom is 0.345 e. The van der Waals surface area contributed by atoms with Crippen molar-refractivity contribution >= 4 is 40.9 Å². The van der Waals surface area contributed by atoms with Gasteiger partial charge in [0.15, 0.2) is 5.16 Å². The highest BCUT2D eigenvalue weighted by molar-refractivity contribution is 7.98. The van der Waals surface area contributed by atoms with E-state index in [1.54, 1.807) is 25.1 Å². The first-order valence-corrected chi connectivity index (χ1v) is 8.68. The molecular weight excluding hydrogens is 359 g/mol. The molecule has 0 saturated heterocycles. The minimum absolute atomic E-state index is 0.146. The maximum atomic E-state index is 12.0. The average Bonchev–Trinajstić information content (AvgIpc) is 2.54. The number of thioether (sulfide) groups is 1. The van der Waals surface area contributed by atoms with Crippen LogP contribution in [-0.4, -0.2) is 28.8 Å². The van der Waals surface area contributed by atoms with Crippen LogP contribution in [0.25, 0.3) is 0 Å². The van der Waals surface area contributed by atoms with Crippen LogP contribution >= 0.6 is 35.0 Å². The highest BCUT2D eigenvalue weighted by Gasteiger charge is 2.17. The van der Waals surface area contributed by atoms with E-state index in [1.165, 1.54) is 18.0 Å². The van der Waals surface area contributed by atoms with Gasteiger partial charge in [0, 0.05) is 21.8 Å². The minimum Gasteiger partial charge on any atom is -0.472 e. The third-order valence-corrected chi connectivity index (χ3v) is 3.94. The Kier molecular flexibility index (Phi) is 6.50. The molecule has 0 bridgehead atoms. The number of carbonyl (C=O) groups is 1. The van der Waals surface area contributed by atoms with E-state index < -0.39 is 5.97 Å². The lowest BCUT2D eigenvalue weighted by Gasteiger charge is -2.11. The molecular formula is C15H14Cl2N2O3S. The van der Waals surface area contributed by atoms with Crippen LogP contribution in [0.15, 0.2) is 29.6 Å². The molecule has 0 spiro atoms. The molecule has 0 aliphatic rings. The van der Waals surface area contributed by atoms with Crippen LogP contribution in [-0.2, 0) is 11.3 Å². The second kappa shape index (κ2) is 8.38. The third kappa shape index (κ3) is 4.73. The predicted octanol–water partition coefficient (Wildman–Crippen LogP) is 4.26. The third-order valence-electron chi connectivity index (χ3n) is 2.79. The van der Waals surface area contributed by atoms with E-state index >= 15 is 0 Å². The van der Waals surface area contributed by atoms with Gasteiger partial charge in [0.05, 0.1) is 6.61 Å². The number of carbonyl (C=O) groups excluding carboxylic acids is 1. The van der Waals surface area contributed by atoms with Gasteiger partial charge in [-0.25, -0.2) is 9.78 Å². The fourth-order valence-electron chi connectivity index (χ4n) is 1.69. The first-order chi connectivity index (χ1) is 11.0. The van der Waals surface area contributed by atoms with Crippen molar-refractivity contribution in [2.24, 2.45) is 0 Å². The lowest BCUT2D eigenvalue weighted by atomic mass is 10.2. The second-order valence-electron chi connectivity index (χ2n) is 4.32. The molecule has 0 fully saturated rings. The lowest BCUT2D eigenvalue weighted by Crippen LogP contribution is -2.10. The Morgan fingerprint density at radius 1 is 1.35 bits per heavy atom. The molecule has 2 aromatic rings. The summed E-state index contributed by atoms with van der Waals surface area (Å²) < 4.78 is 10.6. The summed E-state index contributed by atoms with van der Waals surface area (Å²) in [5, 5.41) is 1.52. The summed E-state index contributed by atoms with van der Waals surface area (Å²) in [5.41, 5.74) is 0.907. The number of benzene rings is 1. The van der Waals surface area contributed by atoms with Crippen LogP contribution in [0, 0.1) is 0 Å². The smallest absolute Gasteiger partial charge is 0.345 e. The van der Waals surface area contributed by atoms with Crippen molar-refractivity contribution in [2.75, 3.05) is 12.9 Å². The molecule has 0 N–H and O–H groups in total. The SMILES string of the molecule is CCOC(=O)c1cnc(SC)nc1OCc1ccc(Cl)cc1Cl. The van der Waals surface area contributed by atoms with Gasteiger partial charge < -0.3 is 9.47 Å². The largest absolute Gasteiger partial charge is 0.472 e. The molecule has 0 aliphatic heterocycles. The molecule has 1 aromatic carbocycles. The van der Waals surface area contributed by atoms with Crippen molar-refractivity contribution in [1.29, 1.82) is 0 Å². The minimum atomic E-state index is -0.530. The Morgan fingerprint density at radius 3 is 2.78 bits per heavy atom. The molecule has 23 heavy (non-hydrogen) atoms. The van der Waals surface area contributed by atoms with Gasteiger partial charge in [-0.15, -0.1) is 0 Å². The van der Waals surface area contributed by atoms with Crippen molar-refractivity contribution in [2.45, 2.75) is 18.7 Å². The zero-order chi connectivity index (χ0) is 16.8. The van der Waals surface area contributed by atoms with Gasteiger partial charge in [0.2, 0.25) is 5.88 Å². The number of ether oxygens (including phenoxy) is 2. The average molecular weight is 373 g/mol. The van der Waals surface area contributed by atoms with Gasteiger partial charge in [-0.2, -0.15) is 4.98 Å². The molecule has 0 atom stereocenters. The van der Waals surface area contributed by atoms with E-state index in [9.17, 15) is 4.79 Å². The molecule has 0 radical (unpaired) electrons. The van der Waals surface area contributed by atoms with Crippen molar-refractivity contribution in [3.8, 4) is 5.88 Å². The number of nitrogens with zero attached hydrogens (tertiary/aromatic N) is 2. The topological polar surface area (TPSA) is 61.3 Å². The fourth-order valence-corrected chi connectivity index (χ4v) is 2.49. The maximum absolute atomic E-state index is 12.0. The number of hydrogen-bond acceptors (Lipinski definition) is 6. The number of aromatic nitrogens is 2. The van der Waals surface area contributed by atoms with E-state index in [0.29, 0.717) is 15.2 Å². The van der Waals surface area contributed by atoms with Crippen molar-refractivity contribution in [1.82, 2.24) is 9.97 Å². The van der Waals surface area contributed by atoms with E-state index in [4.69, 9.17) is 32.7 Å². The monoisotopic (exact) mass is 372 g/mol. The first kappa shape index (κ1) is 17.8. The van der Waals surface area contributed by atoms with Gasteiger partial charge in [0.1, 0.15) is 12.2 Å². The number of rotatable bonds is 6. The summed E-state index contributed by atoms with van der Waals surface area (Å²) in [6.07, 6.45) is 3.23. The first-order valence-electron chi connectivity index (χ1n) is 6.70. The van der Waals surface area contributed by atoms with E-state index in [2.05, 4.69) is 9.97 Å². The summed E-state index contributed by atoms with van der Waals surface area (Å²) in [5.74, 6) is -0.369. The molecule has 122 valence electrons. The van der Waals surface area contributed by atoms with Gasteiger partial charge in [0.25, 0.3) is 0 Å². The van der Waals surface area contributed by atoms with Gasteiger partial charge in [-0.3, -0.25) is 0 Å². The van der Waals surface area contributed by atoms with Crippen LogP contribution in [0.1, 0.15) is 22.8 Å². The van der Waals surface area contributed by atoms with E-state index in [0.717, 1.165) is 5.56 Å². The van der Waals surface area contributed by atoms with Gasteiger partial charge >= 0.3 is 5.97 Å². The number of hydrogen-bond donors (Lipinski definition) is 0. The number of halogens is 2. The lowest BCUT2D eigenvalue weighted by molar-refractivity contribution is 0.0519. The predicted molar refractivity (Wildman–Crippen MR) is 90.6 cm³/mol. The van der Waals surface area contributed by atoms with Crippen LogP contribution in [0.3, 0.4) is 0 Å². The number of esters is 1. The Labute approximate surface area is 148 Å². The zero-order valence-corrected chi connectivity index (χ0v) is 14.8. The molecule has 1 aromatic heterocycles. The van der Waals surface area contributed by atoms with Crippen LogP contribution in [0.5, 0.6) is 5.88 Å². The zero-order valence-electron chi connectivity index (χ0n) is 12.5. The molecule has 2 rings (SSSR count). The molecule has 0 aliphatic carbocycles. The molecule has 0 amide bonds. The highest BCUT2D eigenvalue weighted by Crippen LogP contribution is 2.24. The van der Waals surface area contributed by atoms with Crippen LogP contribution < -0.4 is 4.74 Å². The highest BCUT2D eigenvalue weighted by atomic mass is 35.5.